The first kappa shape index (κ1) is 24.6. The Balaban J connectivity index is 1.35. The number of piperazine rings is 1. The zero-order chi connectivity index (χ0) is 25.9. The summed E-state index contributed by atoms with van der Waals surface area (Å²) in [4.78, 5) is 12.0. The number of aromatic nitrogens is 2. The first-order chi connectivity index (χ1) is 17.9. The molecular formula is C29H27F2N5O. The van der Waals surface area contributed by atoms with Crippen LogP contribution in [0.5, 0.6) is 0 Å². The molecule has 1 unspecified atom stereocenters. The molecule has 0 radical (unpaired) electrons. The maximum Gasteiger partial charge on any atom is 0.152 e. The van der Waals surface area contributed by atoms with Crippen molar-refractivity contribution in [3.05, 3.63) is 107 Å². The Kier molecular flexibility index (Phi) is 6.99. The molecule has 1 fully saturated rings. The minimum absolute atomic E-state index is 0.0244. The van der Waals surface area contributed by atoms with Gasteiger partial charge < -0.3 is 10.1 Å². The third-order valence-corrected chi connectivity index (χ3v) is 7.02. The van der Waals surface area contributed by atoms with Crippen molar-refractivity contribution in [3.8, 4) is 6.07 Å². The summed E-state index contributed by atoms with van der Waals surface area (Å²) in [5.41, 5.74) is 3.50. The summed E-state index contributed by atoms with van der Waals surface area (Å²) in [7, 11) is 0. The predicted octanol–water partition coefficient (Wildman–Crippen LogP) is 5.43. The summed E-state index contributed by atoms with van der Waals surface area (Å²) >= 11 is 0. The number of fused-ring (bicyclic) bond motifs is 1. The molecule has 0 saturated carbocycles. The monoisotopic (exact) mass is 499 g/mol. The average Bonchev–Trinajstić information content (AvgIpc) is 3.35. The highest BCUT2D eigenvalue weighted by Crippen LogP contribution is 2.31. The largest absolute Gasteiger partial charge is 0.509 e. The molecule has 1 aromatic heterocycles. The van der Waals surface area contributed by atoms with Crippen LogP contribution in [-0.4, -0.2) is 57.1 Å². The molecule has 1 atom stereocenters. The maximum absolute atomic E-state index is 13.6. The van der Waals surface area contributed by atoms with Gasteiger partial charge in [-0.05, 0) is 54.4 Å². The zero-order valence-corrected chi connectivity index (χ0v) is 20.4. The highest BCUT2D eigenvalue weighted by molar-refractivity contribution is 5.83. The lowest BCUT2D eigenvalue weighted by Crippen LogP contribution is -2.51. The van der Waals surface area contributed by atoms with Gasteiger partial charge in [0, 0.05) is 26.2 Å². The van der Waals surface area contributed by atoms with Crippen molar-refractivity contribution in [1.29, 1.82) is 5.26 Å². The smallest absolute Gasteiger partial charge is 0.152 e. The van der Waals surface area contributed by atoms with Crippen molar-refractivity contribution in [2.75, 3.05) is 26.2 Å². The van der Waals surface area contributed by atoms with E-state index >= 15 is 0 Å². The number of aromatic amines is 1. The number of hydrogen-bond acceptors (Lipinski definition) is 5. The van der Waals surface area contributed by atoms with Crippen LogP contribution in [0.15, 0.2) is 78.6 Å². The highest BCUT2D eigenvalue weighted by Gasteiger charge is 2.30. The molecule has 0 amide bonds. The second-order valence-electron chi connectivity index (χ2n) is 9.23. The van der Waals surface area contributed by atoms with E-state index in [4.69, 9.17) is 0 Å². The van der Waals surface area contributed by atoms with Gasteiger partial charge in [0.05, 0.1) is 23.1 Å². The molecule has 0 bridgehead atoms. The number of benzene rings is 3. The van der Waals surface area contributed by atoms with Gasteiger partial charge in [-0.1, -0.05) is 36.4 Å². The normalized spacial score (nSPS) is 16.5. The number of halogens is 2. The van der Waals surface area contributed by atoms with E-state index in [0.29, 0.717) is 32.0 Å². The van der Waals surface area contributed by atoms with Crippen LogP contribution in [0.4, 0.5) is 8.78 Å². The number of aliphatic hydroxyl groups excluding tert-OH is 1. The van der Waals surface area contributed by atoms with E-state index in [2.05, 4.69) is 25.8 Å². The second kappa shape index (κ2) is 10.5. The minimum Gasteiger partial charge on any atom is -0.509 e. The van der Waals surface area contributed by atoms with E-state index in [0.717, 1.165) is 22.2 Å². The van der Waals surface area contributed by atoms with Gasteiger partial charge in [0.15, 0.2) is 5.82 Å². The van der Waals surface area contributed by atoms with Gasteiger partial charge in [-0.2, -0.15) is 5.26 Å². The Labute approximate surface area is 214 Å². The molecule has 2 heterocycles. The van der Waals surface area contributed by atoms with Gasteiger partial charge in [0.1, 0.15) is 29.0 Å². The Bertz CT molecular complexity index is 1370. The average molecular weight is 500 g/mol. The van der Waals surface area contributed by atoms with Gasteiger partial charge in [-0.15, -0.1) is 0 Å². The molecule has 37 heavy (non-hydrogen) atoms. The van der Waals surface area contributed by atoms with Crippen molar-refractivity contribution < 1.29 is 13.9 Å². The van der Waals surface area contributed by atoms with Gasteiger partial charge in [-0.25, -0.2) is 13.8 Å². The standard InChI is InChI=1S/C29H27F2N5O/c1-19(28(37)24(18-32)29-33-25-4-2-3-5-26(25)34-29)35-14-16-36(17-15-35)27(20-6-10-22(30)11-7-20)21-8-12-23(31)13-9-21/h2-13,19,27,37H,14-17H2,1H3,(H,33,34). The first-order valence-corrected chi connectivity index (χ1v) is 12.2. The molecule has 1 saturated heterocycles. The third-order valence-electron chi connectivity index (χ3n) is 7.02. The lowest BCUT2D eigenvalue weighted by atomic mass is 9.96. The minimum atomic E-state index is -0.389. The predicted molar refractivity (Wildman–Crippen MR) is 139 cm³/mol. The van der Waals surface area contributed by atoms with Crippen LogP contribution in [0.3, 0.4) is 0 Å². The number of imidazole rings is 1. The molecular weight excluding hydrogens is 472 g/mol. The summed E-state index contributed by atoms with van der Waals surface area (Å²) in [6.45, 7) is 4.50. The number of hydrogen-bond donors (Lipinski definition) is 2. The Hall–Kier alpha value is -4.06. The molecule has 3 aromatic carbocycles. The van der Waals surface area contributed by atoms with Crippen LogP contribution in [0.25, 0.3) is 16.6 Å². The van der Waals surface area contributed by atoms with Gasteiger partial charge in [0.2, 0.25) is 0 Å². The lowest BCUT2D eigenvalue weighted by molar-refractivity contribution is 0.0814. The second-order valence-corrected chi connectivity index (χ2v) is 9.23. The number of H-pyrrole nitrogens is 1. The molecule has 5 rings (SSSR count). The molecule has 0 aliphatic carbocycles. The van der Waals surface area contributed by atoms with Crippen LogP contribution in [0.1, 0.15) is 29.9 Å². The number of aliphatic hydroxyl groups is 1. The number of allylic oxidation sites excluding steroid dienone is 1. The Morgan fingerprint density at radius 3 is 1.97 bits per heavy atom. The zero-order valence-electron chi connectivity index (χ0n) is 20.4. The Morgan fingerprint density at radius 1 is 0.892 bits per heavy atom. The van der Waals surface area contributed by atoms with Crippen molar-refractivity contribution in [2.45, 2.75) is 19.0 Å². The lowest BCUT2D eigenvalue weighted by Gasteiger charge is -2.41. The molecule has 1 aliphatic heterocycles. The van der Waals surface area contributed by atoms with E-state index in [1.54, 1.807) is 24.3 Å². The van der Waals surface area contributed by atoms with E-state index in [-0.39, 0.29) is 35.1 Å². The van der Waals surface area contributed by atoms with E-state index in [1.165, 1.54) is 24.3 Å². The number of nitrogens with one attached hydrogen (secondary N) is 1. The molecule has 8 heteroatoms. The van der Waals surface area contributed by atoms with Crippen LogP contribution in [-0.2, 0) is 0 Å². The molecule has 2 N–H and O–H groups in total. The van der Waals surface area contributed by atoms with Crippen molar-refractivity contribution in [2.24, 2.45) is 0 Å². The fraction of sp³-hybridized carbons (Fsp3) is 0.241. The molecule has 188 valence electrons. The van der Waals surface area contributed by atoms with Crippen LogP contribution < -0.4 is 0 Å². The number of rotatable bonds is 6. The van der Waals surface area contributed by atoms with Crippen molar-refractivity contribution in [1.82, 2.24) is 19.8 Å². The molecule has 0 spiro atoms. The van der Waals surface area contributed by atoms with E-state index < -0.39 is 0 Å². The first-order valence-electron chi connectivity index (χ1n) is 12.2. The van der Waals surface area contributed by atoms with Gasteiger partial charge >= 0.3 is 0 Å². The summed E-state index contributed by atoms with van der Waals surface area (Å²) in [6, 6.07) is 21.9. The van der Waals surface area contributed by atoms with Crippen LogP contribution in [0, 0.1) is 23.0 Å². The quantitative estimate of drug-likeness (QED) is 0.273. The molecule has 6 nitrogen and oxygen atoms in total. The fourth-order valence-electron chi connectivity index (χ4n) is 4.97. The number of para-hydroxylation sites is 2. The van der Waals surface area contributed by atoms with E-state index in [1.807, 2.05) is 31.2 Å². The third kappa shape index (κ3) is 5.10. The molecule has 1 aliphatic rings. The fourth-order valence-corrected chi connectivity index (χ4v) is 4.97. The van der Waals surface area contributed by atoms with Crippen molar-refractivity contribution >= 4 is 16.6 Å². The summed E-state index contributed by atoms with van der Waals surface area (Å²) in [5.74, 6) is -0.288. The van der Waals surface area contributed by atoms with Gasteiger partial charge in [-0.3, -0.25) is 9.80 Å². The maximum atomic E-state index is 13.6. The van der Waals surface area contributed by atoms with Gasteiger partial charge in [0.25, 0.3) is 0 Å². The highest BCUT2D eigenvalue weighted by atomic mass is 19.1. The van der Waals surface area contributed by atoms with Crippen molar-refractivity contribution in [3.63, 3.8) is 0 Å². The Morgan fingerprint density at radius 2 is 1.43 bits per heavy atom. The van der Waals surface area contributed by atoms with Crippen LogP contribution in [0.2, 0.25) is 0 Å². The SMILES string of the molecule is CC(C(O)=C(C#N)c1nc2ccccc2[nH]1)N1CCN(C(c2ccc(F)cc2)c2ccc(F)cc2)CC1. The topological polar surface area (TPSA) is 79.2 Å². The summed E-state index contributed by atoms with van der Waals surface area (Å²) < 4.78 is 27.2. The number of nitriles is 1. The number of nitrogens with zero attached hydrogens (tertiary/aromatic N) is 4. The van der Waals surface area contributed by atoms with E-state index in [9.17, 15) is 19.1 Å². The summed E-state index contributed by atoms with van der Waals surface area (Å²) in [6.07, 6.45) is 0. The molecule has 4 aromatic rings. The summed E-state index contributed by atoms with van der Waals surface area (Å²) in [5, 5.41) is 20.9. The van der Waals surface area contributed by atoms with Crippen LogP contribution >= 0.6 is 0 Å².